The summed E-state index contributed by atoms with van der Waals surface area (Å²) in [6.45, 7) is 0. The standard InChI is InChI=1S/C8H6O4.Ni/c9-7(10)5-3-1-2-4-6(5)8(11)12;/h1-4H,(H,9,10)(H,11,12);. The molecule has 4 nitrogen and oxygen atoms in total. The van der Waals surface area contributed by atoms with Gasteiger partial charge in [0.2, 0.25) is 0 Å². The minimum atomic E-state index is -1.23. The zero-order valence-electron chi connectivity index (χ0n) is 6.34. The van der Waals surface area contributed by atoms with Gasteiger partial charge >= 0.3 is 11.9 Å². The smallest absolute Gasteiger partial charge is 0.336 e. The van der Waals surface area contributed by atoms with E-state index >= 15 is 0 Å². The largest absolute Gasteiger partial charge is 0.478 e. The van der Waals surface area contributed by atoms with Gasteiger partial charge < -0.3 is 10.2 Å². The van der Waals surface area contributed by atoms with Crippen molar-refractivity contribution in [1.29, 1.82) is 0 Å². The molecule has 0 heterocycles. The van der Waals surface area contributed by atoms with Crippen LogP contribution in [0, 0.1) is 0 Å². The van der Waals surface area contributed by atoms with Gasteiger partial charge in [0.15, 0.2) is 0 Å². The number of hydrogen-bond acceptors (Lipinski definition) is 2. The molecule has 0 aliphatic carbocycles. The first kappa shape index (κ1) is 11.7. The van der Waals surface area contributed by atoms with E-state index in [1.54, 1.807) is 0 Å². The quantitative estimate of drug-likeness (QED) is 0.738. The molecule has 5 heteroatoms. The third kappa shape index (κ3) is 2.56. The van der Waals surface area contributed by atoms with E-state index < -0.39 is 11.9 Å². The fraction of sp³-hybridized carbons (Fsp3) is 0. The summed E-state index contributed by atoms with van der Waals surface area (Å²) in [5.41, 5.74) is -0.380. The molecule has 0 bridgehead atoms. The van der Waals surface area contributed by atoms with Gasteiger partial charge in [0.25, 0.3) is 0 Å². The summed E-state index contributed by atoms with van der Waals surface area (Å²) in [5, 5.41) is 17.1. The van der Waals surface area contributed by atoms with Crippen LogP contribution in [-0.2, 0) is 16.5 Å². The fourth-order valence-corrected chi connectivity index (χ4v) is 0.856. The third-order valence-corrected chi connectivity index (χ3v) is 1.39. The second-order valence-corrected chi connectivity index (χ2v) is 2.16. The Balaban J connectivity index is 0.00000144. The minimum absolute atomic E-state index is 0. The van der Waals surface area contributed by atoms with Crippen LogP contribution in [0.3, 0.4) is 0 Å². The first-order valence-corrected chi connectivity index (χ1v) is 3.18. The molecule has 0 amide bonds. The predicted octanol–water partition coefficient (Wildman–Crippen LogP) is 1.08. The molecular weight excluding hydrogens is 219 g/mol. The Morgan fingerprint density at radius 2 is 1.23 bits per heavy atom. The zero-order chi connectivity index (χ0) is 9.14. The summed E-state index contributed by atoms with van der Waals surface area (Å²) in [6.07, 6.45) is 0. The average Bonchev–Trinajstić information content (AvgIpc) is 2.04. The van der Waals surface area contributed by atoms with E-state index in [9.17, 15) is 9.59 Å². The molecule has 72 valence electrons. The Labute approximate surface area is 84.1 Å². The normalized spacial score (nSPS) is 8.62. The van der Waals surface area contributed by atoms with Gasteiger partial charge in [-0.2, -0.15) is 0 Å². The van der Waals surface area contributed by atoms with E-state index in [2.05, 4.69) is 0 Å². The maximum atomic E-state index is 10.5. The first-order valence-electron chi connectivity index (χ1n) is 3.18. The van der Waals surface area contributed by atoms with Crippen molar-refractivity contribution in [2.24, 2.45) is 0 Å². The van der Waals surface area contributed by atoms with Crippen LogP contribution in [0.15, 0.2) is 24.3 Å². The van der Waals surface area contributed by atoms with Gasteiger partial charge in [-0.15, -0.1) is 0 Å². The number of carbonyl (C=O) groups is 2. The van der Waals surface area contributed by atoms with Crippen molar-refractivity contribution in [3.63, 3.8) is 0 Å². The molecule has 0 aromatic heterocycles. The SMILES string of the molecule is O=C(O)c1ccccc1C(=O)O.[Ni]. The summed E-state index contributed by atoms with van der Waals surface area (Å²) in [5.74, 6) is -2.46. The van der Waals surface area contributed by atoms with Gasteiger partial charge in [-0.3, -0.25) is 0 Å². The van der Waals surface area contributed by atoms with Gasteiger partial charge in [0.05, 0.1) is 11.1 Å². The fourth-order valence-electron chi connectivity index (χ4n) is 0.856. The van der Waals surface area contributed by atoms with Crippen molar-refractivity contribution in [1.82, 2.24) is 0 Å². The molecule has 0 spiro atoms. The summed E-state index contributed by atoms with van der Waals surface area (Å²) in [7, 11) is 0. The number of rotatable bonds is 2. The maximum Gasteiger partial charge on any atom is 0.336 e. The van der Waals surface area contributed by atoms with E-state index in [-0.39, 0.29) is 27.6 Å². The average molecular weight is 225 g/mol. The zero-order valence-corrected chi connectivity index (χ0v) is 7.32. The summed E-state index contributed by atoms with van der Waals surface area (Å²) in [6, 6.07) is 5.48. The summed E-state index contributed by atoms with van der Waals surface area (Å²) >= 11 is 0. The van der Waals surface area contributed by atoms with Crippen LogP contribution in [0.5, 0.6) is 0 Å². The van der Waals surface area contributed by atoms with Crippen LogP contribution in [0.25, 0.3) is 0 Å². The van der Waals surface area contributed by atoms with Crippen LogP contribution in [-0.4, -0.2) is 22.2 Å². The second kappa shape index (κ2) is 4.62. The second-order valence-electron chi connectivity index (χ2n) is 2.16. The van der Waals surface area contributed by atoms with Crippen LogP contribution < -0.4 is 0 Å². The molecule has 0 aliphatic heterocycles. The van der Waals surface area contributed by atoms with Gasteiger partial charge in [-0.1, -0.05) is 12.1 Å². The number of carboxylic acid groups (broad SMARTS) is 2. The molecule has 13 heavy (non-hydrogen) atoms. The molecule has 0 aliphatic rings. The van der Waals surface area contributed by atoms with E-state index in [4.69, 9.17) is 10.2 Å². The first-order chi connectivity index (χ1) is 5.63. The Kier molecular flexibility index (Phi) is 4.14. The van der Waals surface area contributed by atoms with Crippen LogP contribution in [0.2, 0.25) is 0 Å². The molecule has 2 N–H and O–H groups in total. The van der Waals surface area contributed by atoms with Crippen molar-refractivity contribution < 1.29 is 36.3 Å². The number of hydrogen-bond donors (Lipinski definition) is 2. The van der Waals surface area contributed by atoms with Crippen molar-refractivity contribution in [2.75, 3.05) is 0 Å². The van der Waals surface area contributed by atoms with E-state index in [0.717, 1.165) is 0 Å². The topological polar surface area (TPSA) is 74.6 Å². The summed E-state index contributed by atoms with van der Waals surface area (Å²) < 4.78 is 0. The van der Waals surface area contributed by atoms with Crippen LogP contribution >= 0.6 is 0 Å². The molecule has 1 aromatic rings. The molecule has 0 saturated heterocycles. The van der Waals surface area contributed by atoms with Crippen molar-refractivity contribution in [3.8, 4) is 0 Å². The molecule has 0 saturated carbocycles. The number of aromatic carboxylic acids is 2. The van der Waals surface area contributed by atoms with Crippen LogP contribution in [0.1, 0.15) is 20.7 Å². The molecule has 0 unspecified atom stereocenters. The molecule has 0 radical (unpaired) electrons. The maximum absolute atomic E-state index is 10.5. The predicted molar refractivity (Wildman–Crippen MR) is 40.4 cm³/mol. The molecular formula is C8H6NiO4. The van der Waals surface area contributed by atoms with Crippen LogP contribution in [0.4, 0.5) is 0 Å². The van der Waals surface area contributed by atoms with Gasteiger partial charge in [-0.05, 0) is 12.1 Å². The van der Waals surface area contributed by atoms with Crippen molar-refractivity contribution >= 4 is 11.9 Å². The van der Waals surface area contributed by atoms with E-state index in [1.807, 2.05) is 0 Å². The van der Waals surface area contributed by atoms with Crippen molar-refractivity contribution in [3.05, 3.63) is 35.4 Å². The van der Waals surface area contributed by atoms with E-state index in [0.29, 0.717) is 0 Å². The molecule has 1 rings (SSSR count). The Hall–Kier alpha value is -1.35. The van der Waals surface area contributed by atoms with Gasteiger partial charge in [0.1, 0.15) is 0 Å². The molecule has 0 fully saturated rings. The Morgan fingerprint density at radius 3 is 1.46 bits per heavy atom. The number of benzene rings is 1. The minimum Gasteiger partial charge on any atom is -0.478 e. The monoisotopic (exact) mass is 224 g/mol. The Bertz CT molecular complexity index is 302. The van der Waals surface area contributed by atoms with Gasteiger partial charge in [-0.25, -0.2) is 9.59 Å². The third-order valence-electron chi connectivity index (χ3n) is 1.39. The molecule has 1 aromatic carbocycles. The van der Waals surface area contributed by atoms with Gasteiger partial charge in [0, 0.05) is 16.5 Å². The summed E-state index contributed by atoms with van der Waals surface area (Å²) in [4.78, 5) is 20.9. The Morgan fingerprint density at radius 1 is 0.923 bits per heavy atom. The van der Waals surface area contributed by atoms with E-state index in [1.165, 1.54) is 24.3 Å². The molecule has 0 atom stereocenters. The number of carboxylic acids is 2. The van der Waals surface area contributed by atoms with Crippen molar-refractivity contribution in [2.45, 2.75) is 0 Å².